The Morgan fingerprint density at radius 2 is 2.06 bits per heavy atom. The van der Waals surface area contributed by atoms with E-state index in [1.165, 1.54) is 27.7 Å². The van der Waals surface area contributed by atoms with E-state index in [1.54, 1.807) is 0 Å². The first kappa shape index (κ1) is 9.91. The first-order valence-corrected chi connectivity index (χ1v) is 5.91. The number of H-pyrrole nitrogens is 1. The normalized spacial score (nSPS) is 18.7. The van der Waals surface area contributed by atoms with Gasteiger partial charge in [-0.25, -0.2) is 0 Å². The van der Waals surface area contributed by atoms with Crippen LogP contribution in [0, 0.1) is 6.92 Å². The van der Waals surface area contributed by atoms with Gasteiger partial charge in [0.05, 0.1) is 0 Å². The zero-order valence-electron chi connectivity index (χ0n) is 10.1. The molecule has 1 aromatic heterocycles. The molecule has 0 radical (unpaired) electrons. The third kappa shape index (κ3) is 1.23. The number of aryl methyl sites for hydroxylation is 1. The third-order valence-electron chi connectivity index (χ3n) is 3.70. The maximum atomic E-state index is 3.63. The second-order valence-corrected chi connectivity index (χ2v) is 5.46. The zero-order valence-corrected chi connectivity index (χ0v) is 10.1. The van der Waals surface area contributed by atoms with Gasteiger partial charge in [-0.3, -0.25) is 0 Å². The van der Waals surface area contributed by atoms with Crippen molar-refractivity contribution < 1.29 is 0 Å². The number of benzene rings is 1. The van der Waals surface area contributed by atoms with Crippen molar-refractivity contribution in [3.8, 4) is 0 Å². The Morgan fingerprint density at radius 1 is 1.25 bits per heavy atom. The van der Waals surface area contributed by atoms with E-state index in [0.29, 0.717) is 0 Å². The molecular formula is C14H18N2. The lowest BCUT2D eigenvalue weighted by Crippen LogP contribution is -2.38. The molecule has 0 atom stereocenters. The quantitative estimate of drug-likeness (QED) is 0.693. The van der Waals surface area contributed by atoms with Crippen LogP contribution in [0.25, 0.3) is 10.9 Å². The maximum Gasteiger partial charge on any atom is 0.0489 e. The highest BCUT2D eigenvalue weighted by atomic mass is 14.9. The summed E-state index contributed by atoms with van der Waals surface area (Å²) in [6.07, 6.45) is 0. The Labute approximate surface area is 96.1 Å². The number of aromatic amines is 1. The molecule has 0 saturated heterocycles. The smallest absolute Gasteiger partial charge is 0.0489 e. The molecule has 0 saturated carbocycles. The number of hydrogen-bond acceptors (Lipinski definition) is 1. The standard InChI is InChI=1S/C14H18N2/c1-9-5-4-6-10-11-7-15-8-14(2,3)13(11)16-12(9)10/h4-6,15-16H,7-8H2,1-3H3. The maximum absolute atomic E-state index is 3.63. The van der Waals surface area contributed by atoms with Gasteiger partial charge in [0.2, 0.25) is 0 Å². The molecule has 1 aliphatic heterocycles. The van der Waals surface area contributed by atoms with Gasteiger partial charge in [0.1, 0.15) is 0 Å². The van der Waals surface area contributed by atoms with E-state index in [0.717, 1.165) is 13.1 Å². The Bertz CT molecular complexity index is 549. The summed E-state index contributed by atoms with van der Waals surface area (Å²) in [5.74, 6) is 0. The van der Waals surface area contributed by atoms with E-state index >= 15 is 0 Å². The summed E-state index contributed by atoms with van der Waals surface area (Å²) in [7, 11) is 0. The van der Waals surface area contributed by atoms with Crippen molar-refractivity contribution in [3.05, 3.63) is 35.0 Å². The summed E-state index contributed by atoms with van der Waals surface area (Å²) < 4.78 is 0. The topological polar surface area (TPSA) is 27.8 Å². The number of para-hydroxylation sites is 1. The molecule has 0 aliphatic carbocycles. The first-order valence-electron chi connectivity index (χ1n) is 5.91. The van der Waals surface area contributed by atoms with Crippen molar-refractivity contribution in [1.29, 1.82) is 0 Å². The lowest BCUT2D eigenvalue weighted by atomic mass is 9.84. The summed E-state index contributed by atoms with van der Waals surface area (Å²) in [6, 6.07) is 6.54. The Hall–Kier alpha value is -1.28. The fraction of sp³-hybridized carbons (Fsp3) is 0.429. The van der Waals surface area contributed by atoms with Crippen molar-refractivity contribution in [1.82, 2.24) is 10.3 Å². The summed E-state index contributed by atoms with van der Waals surface area (Å²) in [6.45, 7) is 8.80. The van der Waals surface area contributed by atoms with Gasteiger partial charge in [-0.2, -0.15) is 0 Å². The Balaban J connectivity index is 2.37. The molecule has 2 heteroatoms. The van der Waals surface area contributed by atoms with E-state index in [4.69, 9.17) is 0 Å². The largest absolute Gasteiger partial charge is 0.357 e. The van der Waals surface area contributed by atoms with E-state index in [9.17, 15) is 0 Å². The van der Waals surface area contributed by atoms with Gasteiger partial charge in [-0.15, -0.1) is 0 Å². The molecule has 1 aromatic carbocycles. The van der Waals surface area contributed by atoms with E-state index in [2.05, 4.69) is 49.3 Å². The van der Waals surface area contributed by atoms with Crippen LogP contribution in [0.4, 0.5) is 0 Å². The summed E-state index contributed by atoms with van der Waals surface area (Å²) in [4.78, 5) is 3.63. The number of nitrogens with one attached hydrogen (secondary N) is 2. The van der Waals surface area contributed by atoms with Crippen molar-refractivity contribution >= 4 is 10.9 Å². The van der Waals surface area contributed by atoms with E-state index in [1.807, 2.05) is 0 Å². The van der Waals surface area contributed by atoms with Crippen LogP contribution in [0.1, 0.15) is 30.7 Å². The minimum Gasteiger partial charge on any atom is -0.357 e. The van der Waals surface area contributed by atoms with Crippen LogP contribution in [0.5, 0.6) is 0 Å². The molecule has 0 unspecified atom stereocenters. The Morgan fingerprint density at radius 3 is 2.88 bits per heavy atom. The molecule has 0 bridgehead atoms. The van der Waals surface area contributed by atoms with Gasteiger partial charge >= 0.3 is 0 Å². The van der Waals surface area contributed by atoms with Crippen LogP contribution in [0.3, 0.4) is 0 Å². The predicted molar refractivity (Wildman–Crippen MR) is 67.8 cm³/mol. The number of hydrogen-bond donors (Lipinski definition) is 2. The molecule has 16 heavy (non-hydrogen) atoms. The summed E-state index contributed by atoms with van der Waals surface area (Å²) in [5.41, 5.74) is 5.72. The SMILES string of the molecule is Cc1cccc2c3c([nH]c12)C(C)(C)CNC3. The molecular weight excluding hydrogens is 196 g/mol. The molecule has 0 amide bonds. The van der Waals surface area contributed by atoms with Gasteiger partial charge in [0.15, 0.2) is 0 Å². The predicted octanol–water partition coefficient (Wildman–Crippen LogP) is 2.86. The lowest BCUT2D eigenvalue weighted by molar-refractivity contribution is 0.427. The zero-order chi connectivity index (χ0) is 11.3. The fourth-order valence-electron chi connectivity index (χ4n) is 2.77. The minimum atomic E-state index is 0.207. The van der Waals surface area contributed by atoms with Crippen LogP contribution < -0.4 is 5.32 Å². The van der Waals surface area contributed by atoms with Crippen molar-refractivity contribution in [2.75, 3.05) is 6.54 Å². The highest BCUT2D eigenvalue weighted by Gasteiger charge is 2.30. The molecule has 2 nitrogen and oxygen atoms in total. The lowest BCUT2D eigenvalue weighted by Gasteiger charge is -2.30. The second-order valence-electron chi connectivity index (χ2n) is 5.46. The fourth-order valence-corrected chi connectivity index (χ4v) is 2.77. The number of fused-ring (bicyclic) bond motifs is 3. The summed E-state index contributed by atoms with van der Waals surface area (Å²) in [5, 5.41) is 4.89. The molecule has 1 aliphatic rings. The van der Waals surface area contributed by atoms with E-state index in [-0.39, 0.29) is 5.41 Å². The minimum absolute atomic E-state index is 0.207. The van der Waals surface area contributed by atoms with Gasteiger partial charge in [-0.1, -0.05) is 32.0 Å². The second kappa shape index (κ2) is 3.11. The van der Waals surface area contributed by atoms with Gasteiger partial charge < -0.3 is 10.3 Å². The van der Waals surface area contributed by atoms with Crippen molar-refractivity contribution in [3.63, 3.8) is 0 Å². The first-order chi connectivity index (χ1) is 7.59. The summed E-state index contributed by atoms with van der Waals surface area (Å²) >= 11 is 0. The van der Waals surface area contributed by atoms with Crippen LogP contribution >= 0.6 is 0 Å². The molecule has 0 spiro atoms. The highest BCUT2D eigenvalue weighted by molar-refractivity contribution is 5.87. The van der Waals surface area contributed by atoms with Gasteiger partial charge in [0.25, 0.3) is 0 Å². The van der Waals surface area contributed by atoms with Crippen LogP contribution in [-0.4, -0.2) is 11.5 Å². The third-order valence-corrected chi connectivity index (χ3v) is 3.70. The Kier molecular flexibility index (Phi) is 1.93. The molecule has 3 rings (SSSR count). The van der Waals surface area contributed by atoms with Crippen LogP contribution in [-0.2, 0) is 12.0 Å². The van der Waals surface area contributed by atoms with E-state index < -0.39 is 0 Å². The molecule has 84 valence electrons. The average Bonchev–Trinajstić information content (AvgIpc) is 2.60. The number of rotatable bonds is 0. The van der Waals surface area contributed by atoms with Crippen molar-refractivity contribution in [2.45, 2.75) is 32.7 Å². The van der Waals surface area contributed by atoms with Gasteiger partial charge in [0, 0.05) is 35.1 Å². The highest BCUT2D eigenvalue weighted by Crippen LogP contribution is 2.34. The molecule has 0 fully saturated rings. The molecule has 2 heterocycles. The molecule has 2 N–H and O–H groups in total. The van der Waals surface area contributed by atoms with Crippen LogP contribution in [0.15, 0.2) is 18.2 Å². The van der Waals surface area contributed by atoms with Crippen molar-refractivity contribution in [2.24, 2.45) is 0 Å². The van der Waals surface area contributed by atoms with Crippen LogP contribution in [0.2, 0.25) is 0 Å². The monoisotopic (exact) mass is 214 g/mol. The van der Waals surface area contributed by atoms with Gasteiger partial charge in [-0.05, 0) is 18.1 Å². The number of aromatic nitrogens is 1. The average molecular weight is 214 g/mol. The molecule has 2 aromatic rings.